The number of nitrogens with zero attached hydrogens (tertiary/aromatic N) is 1. The highest BCUT2D eigenvalue weighted by atomic mass is 32.1. The lowest BCUT2D eigenvalue weighted by molar-refractivity contribution is -0.137. The van der Waals surface area contributed by atoms with Gasteiger partial charge in [-0.05, 0) is 25.5 Å². The van der Waals surface area contributed by atoms with Crippen molar-refractivity contribution < 1.29 is 24.5 Å². The monoisotopic (exact) mass is 368 g/mol. The molecule has 0 fully saturated rings. The Balaban J connectivity index is 2.64. The third kappa shape index (κ3) is 8.44. The Kier molecular flexibility index (Phi) is 7.76. The van der Waals surface area contributed by atoms with E-state index in [2.05, 4.69) is 23.2 Å². The Morgan fingerprint density at radius 3 is 2.60 bits per heavy atom. The number of benzene rings is 1. The molecule has 0 saturated heterocycles. The van der Waals surface area contributed by atoms with Crippen molar-refractivity contribution in [2.75, 3.05) is 6.61 Å². The van der Waals surface area contributed by atoms with Crippen LogP contribution >= 0.6 is 12.6 Å². The lowest BCUT2D eigenvalue weighted by Crippen LogP contribution is -2.26. The molecular formula is C17H24N2O5S. The van der Waals surface area contributed by atoms with Crippen LogP contribution in [-0.4, -0.2) is 39.2 Å². The van der Waals surface area contributed by atoms with Crippen molar-refractivity contribution in [3.8, 4) is 11.5 Å². The molecule has 0 radical (unpaired) electrons. The number of carboxylic acids is 1. The molecule has 1 rings (SSSR count). The highest BCUT2D eigenvalue weighted by Gasteiger charge is 2.16. The van der Waals surface area contributed by atoms with Crippen LogP contribution in [0.1, 0.15) is 45.6 Å². The lowest BCUT2D eigenvalue weighted by atomic mass is 10.1. The van der Waals surface area contributed by atoms with Gasteiger partial charge in [0, 0.05) is 29.2 Å². The number of thiol groups is 1. The Morgan fingerprint density at radius 1 is 1.36 bits per heavy atom. The number of nitrogens with one attached hydrogen (secondary N) is 1. The third-order valence-electron chi connectivity index (χ3n) is 3.10. The molecule has 7 nitrogen and oxygen atoms in total. The molecule has 138 valence electrons. The summed E-state index contributed by atoms with van der Waals surface area (Å²) < 4.78 is 4.95. The zero-order chi connectivity index (χ0) is 19.0. The molecule has 0 aliphatic carbocycles. The average molecular weight is 368 g/mol. The zero-order valence-electron chi connectivity index (χ0n) is 14.6. The minimum atomic E-state index is -0.878. The topological polar surface area (TPSA) is 108 Å². The van der Waals surface area contributed by atoms with Gasteiger partial charge in [-0.1, -0.05) is 13.8 Å². The highest BCUT2D eigenvalue weighted by molar-refractivity contribution is 7.81. The van der Waals surface area contributed by atoms with Crippen LogP contribution in [-0.2, 0) is 9.59 Å². The van der Waals surface area contributed by atoms with Crippen LogP contribution in [0.15, 0.2) is 23.3 Å². The summed E-state index contributed by atoms with van der Waals surface area (Å²) in [6.45, 7) is 5.56. The van der Waals surface area contributed by atoms with Gasteiger partial charge >= 0.3 is 5.97 Å². The van der Waals surface area contributed by atoms with E-state index in [1.54, 1.807) is 19.1 Å². The van der Waals surface area contributed by atoms with Crippen LogP contribution in [0.4, 0.5) is 0 Å². The number of rotatable bonds is 9. The Bertz CT molecular complexity index is 653. The van der Waals surface area contributed by atoms with Crippen molar-refractivity contribution in [2.45, 2.75) is 44.8 Å². The summed E-state index contributed by atoms with van der Waals surface area (Å²) >= 11 is 4.29. The molecule has 25 heavy (non-hydrogen) atoms. The molecule has 0 saturated carbocycles. The van der Waals surface area contributed by atoms with Gasteiger partial charge in [0.05, 0.1) is 12.3 Å². The Morgan fingerprint density at radius 2 is 2.04 bits per heavy atom. The van der Waals surface area contributed by atoms with E-state index in [0.717, 1.165) is 0 Å². The van der Waals surface area contributed by atoms with Crippen LogP contribution in [0.5, 0.6) is 11.5 Å². The molecule has 0 unspecified atom stereocenters. The van der Waals surface area contributed by atoms with E-state index >= 15 is 0 Å². The Hall–Kier alpha value is -2.22. The first-order valence-electron chi connectivity index (χ1n) is 7.82. The number of amides is 1. The maximum Gasteiger partial charge on any atom is 0.303 e. The number of carbonyl (C=O) groups is 2. The first kappa shape index (κ1) is 20.8. The summed E-state index contributed by atoms with van der Waals surface area (Å²) in [5, 5.41) is 22.6. The van der Waals surface area contributed by atoms with Gasteiger partial charge in [0.1, 0.15) is 11.5 Å². The standard InChI is InChI=1S/C17H24N2O5S/c1-11(18-19-15(21)10-17(2,3)25)13-7-6-12(9-14(13)20)24-8-4-5-16(22)23/h6-7,9,20,25H,4-5,8,10H2,1-3H3,(H,19,21)(H,22,23). The number of carbonyl (C=O) groups excluding carboxylic acids is 1. The fourth-order valence-corrected chi connectivity index (χ4v) is 2.10. The van der Waals surface area contributed by atoms with Gasteiger partial charge in [-0.25, -0.2) is 5.43 Å². The van der Waals surface area contributed by atoms with Crippen LogP contribution in [0.2, 0.25) is 0 Å². The van der Waals surface area contributed by atoms with E-state index in [9.17, 15) is 14.7 Å². The number of phenols is 1. The summed E-state index contributed by atoms with van der Waals surface area (Å²) in [6, 6.07) is 4.69. The van der Waals surface area contributed by atoms with Crippen LogP contribution < -0.4 is 10.2 Å². The second-order valence-corrected chi connectivity index (χ2v) is 7.46. The molecule has 0 spiro atoms. The second-order valence-electron chi connectivity index (χ2n) is 6.25. The van der Waals surface area contributed by atoms with Crippen LogP contribution in [0.3, 0.4) is 0 Å². The maximum atomic E-state index is 11.7. The molecule has 0 bridgehead atoms. The summed E-state index contributed by atoms with van der Waals surface area (Å²) in [5.74, 6) is -0.754. The van der Waals surface area contributed by atoms with Gasteiger partial charge in [-0.2, -0.15) is 17.7 Å². The summed E-state index contributed by atoms with van der Waals surface area (Å²) in [4.78, 5) is 22.2. The molecular weight excluding hydrogens is 344 g/mol. The van der Waals surface area contributed by atoms with E-state index in [4.69, 9.17) is 9.84 Å². The number of hydrazone groups is 1. The molecule has 1 aromatic carbocycles. The number of ether oxygens (including phenoxy) is 1. The molecule has 1 aromatic rings. The second kappa shape index (κ2) is 9.31. The lowest BCUT2D eigenvalue weighted by Gasteiger charge is -2.15. The fraction of sp³-hybridized carbons (Fsp3) is 0.471. The number of aliphatic carboxylic acids is 1. The first-order chi connectivity index (χ1) is 11.6. The molecule has 0 aromatic heterocycles. The molecule has 1 amide bonds. The van der Waals surface area contributed by atoms with E-state index < -0.39 is 10.7 Å². The number of phenolic OH excluding ortho intramolecular Hbond substituents is 1. The maximum absolute atomic E-state index is 11.7. The highest BCUT2D eigenvalue weighted by Crippen LogP contribution is 2.24. The molecule has 8 heteroatoms. The zero-order valence-corrected chi connectivity index (χ0v) is 15.5. The van der Waals surface area contributed by atoms with Gasteiger partial charge in [-0.15, -0.1) is 0 Å². The fourth-order valence-electron chi connectivity index (χ4n) is 1.96. The van der Waals surface area contributed by atoms with Gasteiger partial charge < -0.3 is 14.9 Å². The molecule has 0 aliphatic rings. The smallest absolute Gasteiger partial charge is 0.303 e. The van der Waals surface area contributed by atoms with Crippen LogP contribution in [0, 0.1) is 0 Å². The number of hydrogen-bond donors (Lipinski definition) is 4. The van der Waals surface area contributed by atoms with Crippen molar-refractivity contribution in [2.24, 2.45) is 5.10 Å². The normalized spacial score (nSPS) is 11.9. The summed E-state index contributed by atoms with van der Waals surface area (Å²) in [7, 11) is 0. The first-order valence-corrected chi connectivity index (χ1v) is 8.26. The SMILES string of the molecule is CC(=NNC(=O)CC(C)(C)S)c1ccc(OCCCC(=O)O)cc1O. The quantitative estimate of drug-likeness (QED) is 0.232. The molecule has 3 N–H and O–H groups in total. The van der Waals surface area contributed by atoms with Crippen LogP contribution in [0.25, 0.3) is 0 Å². The van der Waals surface area contributed by atoms with E-state index in [1.165, 1.54) is 6.07 Å². The van der Waals surface area contributed by atoms with Gasteiger partial charge in [0.2, 0.25) is 5.91 Å². The largest absolute Gasteiger partial charge is 0.507 e. The Labute approximate surface area is 152 Å². The predicted octanol–water partition coefficient (Wildman–Crippen LogP) is 2.57. The van der Waals surface area contributed by atoms with Gasteiger partial charge in [0.15, 0.2) is 0 Å². The van der Waals surface area contributed by atoms with Gasteiger partial charge in [0.25, 0.3) is 0 Å². The number of carboxylic acid groups (broad SMARTS) is 1. The summed E-state index contributed by atoms with van der Waals surface area (Å²) in [5.41, 5.74) is 3.34. The molecule has 0 aliphatic heterocycles. The summed E-state index contributed by atoms with van der Waals surface area (Å²) in [6.07, 6.45) is 0.618. The molecule has 0 heterocycles. The van der Waals surface area contributed by atoms with E-state index in [0.29, 0.717) is 23.4 Å². The van der Waals surface area contributed by atoms with Crippen molar-refractivity contribution in [1.82, 2.24) is 5.43 Å². The number of hydrogen-bond acceptors (Lipinski definition) is 6. The van der Waals surface area contributed by atoms with E-state index in [1.807, 2.05) is 13.8 Å². The average Bonchev–Trinajstić information content (AvgIpc) is 2.47. The van der Waals surface area contributed by atoms with E-state index in [-0.39, 0.29) is 31.1 Å². The number of aromatic hydroxyl groups is 1. The van der Waals surface area contributed by atoms with Crippen molar-refractivity contribution in [1.29, 1.82) is 0 Å². The van der Waals surface area contributed by atoms with Gasteiger partial charge in [-0.3, -0.25) is 9.59 Å². The minimum absolute atomic E-state index is 0.0264. The van der Waals surface area contributed by atoms with Crippen molar-refractivity contribution >= 4 is 30.2 Å². The minimum Gasteiger partial charge on any atom is -0.507 e. The van der Waals surface area contributed by atoms with Crippen molar-refractivity contribution in [3.63, 3.8) is 0 Å². The van der Waals surface area contributed by atoms with Crippen molar-refractivity contribution in [3.05, 3.63) is 23.8 Å². The predicted molar refractivity (Wildman–Crippen MR) is 98.5 cm³/mol. The molecule has 0 atom stereocenters. The third-order valence-corrected chi connectivity index (χ3v) is 3.26.